The lowest BCUT2D eigenvalue weighted by atomic mass is 9.76. The molecule has 3 unspecified atom stereocenters. The quantitative estimate of drug-likeness (QED) is 0.746. The Balaban J connectivity index is 1.49. The van der Waals surface area contributed by atoms with Crippen LogP contribution >= 0.6 is 0 Å². The van der Waals surface area contributed by atoms with Gasteiger partial charge in [0.15, 0.2) is 0 Å². The highest BCUT2D eigenvalue weighted by Gasteiger charge is 2.45. The van der Waals surface area contributed by atoms with E-state index in [1.54, 1.807) is 0 Å². The van der Waals surface area contributed by atoms with Crippen molar-refractivity contribution in [2.45, 2.75) is 25.7 Å². The number of amides is 1. The van der Waals surface area contributed by atoms with Gasteiger partial charge in [-0.2, -0.15) is 0 Å². The molecule has 2 heterocycles. The first kappa shape index (κ1) is 9.64. The van der Waals surface area contributed by atoms with E-state index in [1.807, 2.05) is 0 Å². The number of likely N-dealkylation sites (tertiary alicyclic amines) is 1. The Kier molecular flexibility index (Phi) is 2.43. The molecule has 0 radical (unpaired) electrons. The van der Waals surface area contributed by atoms with E-state index >= 15 is 0 Å². The van der Waals surface area contributed by atoms with Gasteiger partial charge in [-0.3, -0.25) is 4.79 Å². The molecule has 3 heteroatoms. The predicted molar refractivity (Wildman–Crippen MR) is 58.4 cm³/mol. The van der Waals surface area contributed by atoms with Gasteiger partial charge in [0.1, 0.15) is 0 Å². The van der Waals surface area contributed by atoms with E-state index in [0.29, 0.717) is 11.8 Å². The molecule has 1 aliphatic carbocycles. The van der Waals surface area contributed by atoms with Gasteiger partial charge in [0.2, 0.25) is 5.91 Å². The van der Waals surface area contributed by atoms with Crippen LogP contribution in [-0.2, 0) is 4.79 Å². The molecule has 15 heavy (non-hydrogen) atoms. The Morgan fingerprint density at radius 2 is 2.27 bits per heavy atom. The lowest BCUT2D eigenvalue weighted by Gasteiger charge is -2.25. The lowest BCUT2D eigenvalue weighted by Crippen LogP contribution is -2.30. The number of hydrogen-bond acceptors (Lipinski definition) is 2. The summed E-state index contributed by atoms with van der Waals surface area (Å²) in [4.78, 5) is 14.0. The van der Waals surface area contributed by atoms with Crippen LogP contribution in [-0.4, -0.2) is 37.0 Å². The highest BCUT2D eigenvalue weighted by molar-refractivity contribution is 5.82. The summed E-state index contributed by atoms with van der Waals surface area (Å²) in [5.74, 6) is 2.42. The van der Waals surface area contributed by atoms with E-state index in [1.165, 1.54) is 25.8 Å². The molecule has 3 aliphatic rings. The minimum atomic E-state index is 0.423. The zero-order chi connectivity index (χ0) is 10.3. The zero-order valence-electron chi connectivity index (χ0n) is 9.24. The number of hydrogen-bond donors (Lipinski definition) is 1. The Bertz CT molecular complexity index is 260. The highest BCUT2D eigenvalue weighted by atomic mass is 16.2. The Morgan fingerprint density at radius 3 is 2.80 bits per heavy atom. The molecule has 0 bridgehead atoms. The number of carbonyl (C=O) groups excluding carboxylic acids is 1. The first-order valence-corrected chi connectivity index (χ1v) is 6.34. The minimum absolute atomic E-state index is 0.423. The van der Waals surface area contributed by atoms with Gasteiger partial charge in [-0.1, -0.05) is 0 Å². The number of carbonyl (C=O) groups is 1. The van der Waals surface area contributed by atoms with Crippen LogP contribution in [0.15, 0.2) is 0 Å². The summed E-state index contributed by atoms with van der Waals surface area (Å²) in [6.45, 7) is 4.40. The molecule has 0 spiro atoms. The molecule has 1 saturated carbocycles. The molecular weight excluding hydrogens is 188 g/mol. The Morgan fingerprint density at radius 1 is 1.33 bits per heavy atom. The van der Waals surface area contributed by atoms with E-state index < -0.39 is 0 Å². The molecule has 0 aromatic carbocycles. The SMILES string of the molecule is O=C1C2CCC2CN1CCC1CCNC1. The van der Waals surface area contributed by atoms with Gasteiger partial charge in [-0.15, -0.1) is 0 Å². The number of rotatable bonds is 3. The molecule has 1 amide bonds. The fourth-order valence-electron chi connectivity index (χ4n) is 3.22. The van der Waals surface area contributed by atoms with Crippen molar-refractivity contribution >= 4 is 5.91 Å². The van der Waals surface area contributed by atoms with Crippen molar-refractivity contribution in [1.29, 1.82) is 0 Å². The first-order chi connectivity index (χ1) is 7.34. The molecule has 1 N–H and O–H groups in total. The normalized spacial score (nSPS) is 39.3. The monoisotopic (exact) mass is 208 g/mol. The summed E-state index contributed by atoms with van der Waals surface area (Å²) in [6, 6.07) is 0. The zero-order valence-corrected chi connectivity index (χ0v) is 9.24. The van der Waals surface area contributed by atoms with Gasteiger partial charge in [0.25, 0.3) is 0 Å². The number of nitrogens with zero attached hydrogens (tertiary/aromatic N) is 1. The number of nitrogens with one attached hydrogen (secondary N) is 1. The summed E-state index contributed by atoms with van der Waals surface area (Å²) in [7, 11) is 0. The largest absolute Gasteiger partial charge is 0.342 e. The third-order valence-corrected chi connectivity index (χ3v) is 4.47. The molecule has 3 atom stereocenters. The van der Waals surface area contributed by atoms with Crippen LogP contribution < -0.4 is 5.32 Å². The van der Waals surface area contributed by atoms with Gasteiger partial charge >= 0.3 is 0 Å². The Hall–Kier alpha value is -0.570. The molecule has 2 saturated heterocycles. The van der Waals surface area contributed by atoms with Crippen molar-refractivity contribution in [3.63, 3.8) is 0 Å². The molecule has 3 rings (SSSR count). The van der Waals surface area contributed by atoms with Crippen molar-refractivity contribution in [3.8, 4) is 0 Å². The van der Waals surface area contributed by atoms with Crippen LogP contribution in [0.4, 0.5) is 0 Å². The van der Waals surface area contributed by atoms with Crippen molar-refractivity contribution < 1.29 is 4.79 Å². The lowest BCUT2D eigenvalue weighted by molar-refractivity contribution is -0.132. The molecule has 0 aromatic rings. The smallest absolute Gasteiger partial charge is 0.226 e. The van der Waals surface area contributed by atoms with E-state index in [-0.39, 0.29) is 0 Å². The second kappa shape index (κ2) is 3.78. The van der Waals surface area contributed by atoms with Crippen molar-refractivity contribution in [2.75, 3.05) is 26.2 Å². The van der Waals surface area contributed by atoms with Gasteiger partial charge in [0.05, 0.1) is 0 Å². The van der Waals surface area contributed by atoms with Gasteiger partial charge in [-0.25, -0.2) is 0 Å². The average molecular weight is 208 g/mol. The van der Waals surface area contributed by atoms with E-state index in [2.05, 4.69) is 10.2 Å². The topological polar surface area (TPSA) is 32.3 Å². The van der Waals surface area contributed by atoms with Crippen LogP contribution in [0.5, 0.6) is 0 Å². The number of fused-ring (bicyclic) bond motifs is 1. The molecule has 3 nitrogen and oxygen atoms in total. The van der Waals surface area contributed by atoms with Crippen LogP contribution in [0.25, 0.3) is 0 Å². The Labute approximate surface area is 91.2 Å². The molecular formula is C12H20N2O. The molecule has 84 valence electrons. The fourth-order valence-corrected chi connectivity index (χ4v) is 3.22. The maximum absolute atomic E-state index is 11.9. The van der Waals surface area contributed by atoms with E-state index in [9.17, 15) is 4.79 Å². The molecule has 0 aromatic heterocycles. The summed E-state index contributed by atoms with van der Waals surface area (Å²) < 4.78 is 0. The van der Waals surface area contributed by atoms with Gasteiger partial charge < -0.3 is 10.2 Å². The molecule has 3 fully saturated rings. The maximum Gasteiger partial charge on any atom is 0.226 e. The standard InChI is InChI=1S/C12H20N2O/c15-12-11-2-1-10(11)8-14(12)6-4-9-3-5-13-7-9/h9-11,13H,1-8H2. The maximum atomic E-state index is 11.9. The predicted octanol–water partition coefficient (Wildman–Crippen LogP) is 0.854. The summed E-state index contributed by atoms with van der Waals surface area (Å²) >= 11 is 0. The fraction of sp³-hybridized carbons (Fsp3) is 0.917. The van der Waals surface area contributed by atoms with Crippen molar-refractivity contribution in [2.24, 2.45) is 17.8 Å². The van der Waals surface area contributed by atoms with Crippen molar-refractivity contribution in [1.82, 2.24) is 10.2 Å². The van der Waals surface area contributed by atoms with Crippen LogP contribution in [0.3, 0.4) is 0 Å². The van der Waals surface area contributed by atoms with E-state index in [4.69, 9.17) is 0 Å². The van der Waals surface area contributed by atoms with Crippen LogP contribution in [0.1, 0.15) is 25.7 Å². The minimum Gasteiger partial charge on any atom is -0.342 e. The van der Waals surface area contributed by atoms with E-state index in [0.717, 1.165) is 37.9 Å². The average Bonchev–Trinajstić information content (AvgIpc) is 2.74. The second-order valence-electron chi connectivity index (χ2n) is 5.38. The summed E-state index contributed by atoms with van der Waals surface area (Å²) in [5, 5.41) is 3.39. The van der Waals surface area contributed by atoms with Crippen LogP contribution in [0, 0.1) is 17.8 Å². The summed E-state index contributed by atoms with van der Waals surface area (Å²) in [5.41, 5.74) is 0. The van der Waals surface area contributed by atoms with Crippen molar-refractivity contribution in [3.05, 3.63) is 0 Å². The second-order valence-corrected chi connectivity index (χ2v) is 5.38. The first-order valence-electron chi connectivity index (χ1n) is 6.34. The van der Waals surface area contributed by atoms with Gasteiger partial charge in [0, 0.05) is 19.0 Å². The third-order valence-electron chi connectivity index (χ3n) is 4.47. The third kappa shape index (κ3) is 1.67. The van der Waals surface area contributed by atoms with Gasteiger partial charge in [-0.05, 0) is 50.6 Å². The molecule has 2 aliphatic heterocycles. The van der Waals surface area contributed by atoms with Crippen LogP contribution in [0.2, 0.25) is 0 Å². The summed E-state index contributed by atoms with van der Waals surface area (Å²) in [6.07, 6.45) is 4.95. The highest BCUT2D eigenvalue weighted by Crippen LogP contribution is 2.41.